The van der Waals surface area contributed by atoms with Gasteiger partial charge in [-0.2, -0.15) is 5.26 Å². The molecule has 0 spiro atoms. The second kappa shape index (κ2) is 7.07. The molecule has 1 aromatic carbocycles. The van der Waals surface area contributed by atoms with E-state index in [0.717, 1.165) is 49.4 Å². The van der Waals surface area contributed by atoms with E-state index < -0.39 is 0 Å². The summed E-state index contributed by atoms with van der Waals surface area (Å²) >= 11 is 0. The minimum atomic E-state index is -0.353. The molecule has 0 aliphatic heterocycles. The lowest BCUT2D eigenvalue weighted by Crippen LogP contribution is -2.49. The highest BCUT2D eigenvalue weighted by Crippen LogP contribution is 2.44. The fraction of sp³-hybridized carbons (Fsp3) is 0.476. The van der Waals surface area contributed by atoms with Crippen LogP contribution in [-0.4, -0.2) is 29.4 Å². The van der Waals surface area contributed by atoms with Gasteiger partial charge in [0.05, 0.1) is 17.4 Å². The van der Waals surface area contributed by atoms with Gasteiger partial charge >= 0.3 is 0 Å². The lowest BCUT2D eigenvalue weighted by atomic mass is 9.83. The van der Waals surface area contributed by atoms with Gasteiger partial charge in [0.15, 0.2) is 0 Å². The molecular weight excluding hydrogens is 340 g/mol. The Kier molecular flexibility index (Phi) is 4.61. The third kappa shape index (κ3) is 3.68. The number of nitrogens with one attached hydrogen (secondary N) is 3. The van der Waals surface area contributed by atoms with Gasteiger partial charge in [-0.3, -0.25) is 9.59 Å². The summed E-state index contributed by atoms with van der Waals surface area (Å²) in [4.78, 5) is 28.5. The maximum atomic E-state index is 12.7. The Morgan fingerprint density at radius 1 is 1.22 bits per heavy atom. The summed E-state index contributed by atoms with van der Waals surface area (Å²) in [5.74, 6) is -0.417. The van der Waals surface area contributed by atoms with Crippen molar-refractivity contribution in [2.75, 3.05) is 6.54 Å². The van der Waals surface area contributed by atoms with Gasteiger partial charge in [-0.1, -0.05) is 18.9 Å². The summed E-state index contributed by atoms with van der Waals surface area (Å²) in [6, 6.07) is 9.67. The minimum Gasteiger partial charge on any atom is -0.361 e. The van der Waals surface area contributed by atoms with Gasteiger partial charge in [-0.05, 0) is 49.3 Å². The first-order chi connectivity index (χ1) is 13.1. The lowest BCUT2D eigenvalue weighted by Gasteiger charge is -2.31. The van der Waals surface area contributed by atoms with E-state index in [4.69, 9.17) is 0 Å². The number of nitrogens with zero attached hydrogens (tertiary/aromatic N) is 1. The zero-order valence-electron chi connectivity index (χ0n) is 15.3. The molecular formula is C21H24N4O2. The number of fused-ring (bicyclic) bond motifs is 1. The van der Waals surface area contributed by atoms with Crippen LogP contribution in [0.5, 0.6) is 0 Å². The maximum absolute atomic E-state index is 12.7. The average Bonchev–Trinajstić information content (AvgIpc) is 3.33. The number of H-pyrrole nitrogens is 1. The highest BCUT2D eigenvalue weighted by molar-refractivity contribution is 5.98. The fourth-order valence-electron chi connectivity index (χ4n) is 3.92. The Hall–Kier alpha value is -2.81. The van der Waals surface area contributed by atoms with E-state index in [2.05, 4.69) is 21.7 Å². The van der Waals surface area contributed by atoms with Crippen LogP contribution in [0.2, 0.25) is 0 Å². The predicted octanol–water partition coefficient (Wildman–Crippen LogP) is 2.88. The second-order valence-corrected chi connectivity index (χ2v) is 7.86. The molecule has 4 rings (SSSR count). The molecule has 1 heterocycles. The van der Waals surface area contributed by atoms with E-state index in [-0.39, 0.29) is 29.2 Å². The third-order valence-electron chi connectivity index (χ3n) is 5.93. The normalized spacial score (nSPS) is 23.4. The van der Waals surface area contributed by atoms with E-state index in [1.54, 1.807) is 0 Å². The summed E-state index contributed by atoms with van der Waals surface area (Å²) < 4.78 is 0. The maximum Gasteiger partial charge on any atom is 0.251 e. The highest BCUT2D eigenvalue weighted by atomic mass is 16.2. The van der Waals surface area contributed by atoms with Crippen molar-refractivity contribution in [1.29, 1.82) is 5.26 Å². The Bertz CT molecular complexity index is 906. The van der Waals surface area contributed by atoms with Crippen molar-refractivity contribution in [1.82, 2.24) is 15.6 Å². The van der Waals surface area contributed by atoms with E-state index in [1.165, 1.54) is 0 Å². The van der Waals surface area contributed by atoms with Crippen LogP contribution in [0.15, 0.2) is 30.5 Å². The summed E-state index contributed by atoms with van der Waals surface area (Å²) in [7, 11) is 0. The molecule has 3 N–H and O–H groups in total. The molecule has 2 amide bonds. The second-order valence-electron chi connectivity index (χ2n) is 7.86. The Labute approximate surface area is 158 Å². The topological polar surface area (TPSA) is 97.8 Å². The number of carbonyl (C=O) groups excluding carboxylic acids is 2. The van der Waals surface area contributed by atoms with E-state index >= 15 is 0 Å². The van der Waals surface area contributed by atoms with Crippen LogP contribution in [0.1, 0.15) is 48.9 Å². The Balaban J connectivity index is 1.41. The molecule has 6 heteroatoms. The molecule has 2 aliphatic carbocycles. The fourth-order valence-corrected chi connectivity index (χ4v) is 3.92. The summed E-state index contributed by atoms with van der Waals surface area (Å²) in [6.07, 6.45) is 7.13. The molecule has 2 aliphatic rings. The van der Waals surface area contributed by atoms with E-state index in [1.807, 2.05) is 30.5 Å². The number of hydrogen-bond donors (Lipinski definition) is 3. The molecule has 140 valence electrons. The van der Waals surface area contributed by atoms with Crippen molar-refractivity contribution in [3.05, 3.63) is 36.0 Å². The van der Waals surface area contributed by atoms with E-state index in [0.29, 0.717) is 12.1 Å². The average molecular weight is 364 g/mol. The van der Waals surface area contributed by atoms with Crippen LogP contribution in [0, 0.1) is 22.7 Å². The zero-order chi connectivity index (χ0) is 18.9. The molecule has 6 nitrogen and oxygen atoms in total. The predicted molar refractivity (Wildman–Crippen MR) is 102 cm³/mol. The molecule has 2 saturated carbocycles. The van der Waals surface area contributed by atoms with Crippen LogP contribution >= 0.6 is 0 Å². The van der Waals surface area contributed by atoms with Gasteiger partial charge in [-0.25, -0.2) is 0 Å². The number of amides is 2. The van der Waals surface area contributed by atoms with Crippen LogP contribution in [0.3, 0.4) is 0 Å². The molecule has 2 atom stereocenters. The van der Waals surface area contributed by atoms with Gasteiger partial charge in [0.25, 0.3) is 5.91 Å². The summed E-state index contributed by atoms with van der Waals surface area (Å²) in [5, 5.41) is 16.3. The number of carbonyl (C=O) groups is 2. The Morgan fingerprint density at radius 2 is 2.04 bits per heavy atom. The molecule has 0 saturated heterocycles. The Morgan fingerprint density at radius 3 is 2.81 bits per heavy atom. The van der Waals surface area contributed by atoms with Crippen molar-refractivity contribution in [2.45, 2.75) is 44.6 Å². The standard InChI is InChI=1S/C21H24N4O2/c22-12-21(8-9-21)13-24-20(27)16-3-1-2-4-17(16)25-19(26)15-6-5-14-7-10-23-18(14)11-15/h5-7,10-11,16-17,23H,1-4,8-9,13H2,(H,24,27)(H,25,26)/t16?,17-/m1/s1. The van der Waals surface area contributed by atoms with Gasteiger partial charge in [-0.15, -0.1) is 0 Å². The number of hydrogen-bond acceptors (Lipinski definition) is 3. The van der Waals surface area contributed by atoms with Crippen LogP contribution in [-0.2, 0) is 4.79 Å². The number of aromatic amines is 1. The number of nitriles is 1. The summed E-state index contributed by atoms with van der Waals surface area (Å²) in [5.41, 5.74) is 1.16. The van der Waals surface area contributed by atoms with Crippen molar-refractivity contribution in [2.24, 2.45) is 11.3 Å². The largest absolute Gasteiger partial charge is 0.361 e. The minimum absolute atomic E-state index is 0.0404. The van der Waals surface area contributed by atoms with Gasteiger partial charge < -0.3 is 15.6 Å². The van der Waals surface area contributed by atoms with Crippen LogP contribution in [0.4, 0.5) is 0 Å². The van der Waals surface area contributed by atoms with Crippen LogP contribution in [0.25, 0.3) is 10.9 Å². The van der Waals surface area contributed by atoms with Crippen molar-refractivity contribution in [3.8, 4) is 6.07 Å². The lowest BCUT2D eigenvalue weighted by molar-refractivity contribution is -0.126. The molecule has 0 radical (unpaired) electrons. The molecule has 2 fully saturated rings. The highest BCUT2D eigenvalue weighted by Gasteiger charge is 2.44. The molecule has 2 aromatic rings. The SMILES string of the molecule is N#CC1(CNC(=O)C2CCCC[C@H]2NC(=O)c2ccc3cc[nH]c3c2)CC1. The number of aromatic nitrogens is 1. The quantitative estimate of drug-likeness (QED) is 0.761. The van der Waals surface area contributed by atoms with Crippen molar-refractivity contribution < 1.29 is 9.59 Å². The molecule has 1 aromatic heterocycles. The first-order valence-electron chi connectivity index (χ1n) is 9.67. The number of rotatable bonds is 5. The first-order valence-corrected chi connectivity index (χ1v) is 9.67. The molecule has 27 heavy (non-hydrogen) atoms. The van der Waals surface area contributed by atoms with E-state index in [9.17, 15) is 14.9 Å². The van der Waals surface area contributed by atoms with Gasteiger partial charge in [0.1, 0.15) is 0 Å². The molecule has 1 unspecified atom stereocenters. The first kappa shape index (κ1) is 17.6. The van der Waals surface area contributed by atoms with Crippen LogP contribution < -0.4 is 10.6 Å². The number of benzene rings is 1. The summed E-state index contributed by atoms with van der Waals surface area (Å²) in [6.45, 7) is 0.420. The molecule has 0 bridgehead atoms. The monoisotopic (exact) mass is 364 g/mol. The van der Waals surface area contributed by atoms with Gasteiger partial charge in [0.2, 0.25) is 5.91 Å². The van der Waals surface area contributed by atoms with Gasteiger partial charge in [0, 0.05) is 29.9 Å². The smallest absolute Gasteiger partial charge is 0.251 e. The zero-order valence-corrected chi connectivity index (χ0v) is 15.3. The van der Waals surface area contributed by atoms with Crippen molar-refractivity contribution in [3.63, 3.8) is 0 Å². The van der Waals surface area contributed by atoms with Crippen molar-refractivity contribution >= 4 is 22.7 Å². The third-order valence-corrected chi connectivity index (χ3v) is 5.93.